The summed E-state index contributed by atoms with van der Waals surface area (Å²) in [6.07, 6.45) is 82.8. The maximum Gasteiger partial charge on any atom is 0.220 e. The van der Waals surface area contributed by atoms with Gasteiger partial charge in [0.1, 0.15) is 0 Å². The maximum atomic E-state index is 12.5. The number of rotatable bonds is 62. The molecular formula is C66H131NO3. The van der Waals surface area contributed by atoms with Gasteiger partial charge >= 0.3 is 0 Å². The number of hydrogen-bond acceptors (Lipinski definition) is 3. The number of hydrogen-bond donors (Lipinski definition) is 3. The van der Waals surface area contributed by atoms with Gasteiger partial charge in [0.2, 0.25) is 5.91 Å². The minimum absolute atomic E-state index is 0.0536. The summed E-state index contributed by atoms with van der Waals surface area (Å²) in [7, 11) is 0. The quantitative estimate of drug-likeness (QED) is 0.0420. The third kappa shape index (κ3) is 58.0. The van der Waals surface area contributed by atoms with Gasteiger partial charge in [-0.1, -0.05) is 373 Å². The second kappa shape index (κ2) is 62.4. The molecule has 0 saturated heterocycles. The monoisotopic (exact) mass is 986 g/mol. The van der Waals surface area contributed by atoms with Crippen LogP contribution in [0.2, 0.25) is 0 Å². The zero-order valence-corrected chi connectivity index (χ0v) is 48.3. The molecule has 0 saturated carbocycles. The molecule has 3 N–H and O–H groups in total. The molecule has 0 aromatic heterocycles. The Labute approximate surface area is 441 Å². The van der Waals surface area contributed by atoms with Crippen LogP contribution in [-0.4, -0.2) is 34.9 Å². The Morgan fingerprint density at radius 3 is 0.743 bits per heavy atom. The molecule has 0 aliphatic heterocycles. The molecule has 0 aromatic rings. The Bertz CT molecular complexity index is 982. The molecule has 0 aliphatic carbocycles. The van der Waals surface area contributed by atoms with Crippen molar-refractivity contribution in [3.05, 3.63) is 12.2 Å². The van der Waals surface area contributed by atoms with E-state index in [0.717, 1.165) is 25.7 Å². The Balaban J connectivity index is 3.41. The fourth-order valence-electron chi connectivity index (χ4n) is 10.8. The highest BCUT2D eigenvalue weighted by atomic mass is 16.3. The molecule has 0 rings (SSSR count). The van der Waals surface area contributed by atoms with Gasteiger partial charge in [-0.3, -0.25) is 4.79 Å². The minimum atomic E-state index is -0.837. The van der Waals surface area contributed by atoms with Gasteiger partial charge in [0.25, 0.3) is 0 Å². The summed E-state index contributed by atoms with van der Waals surface area (Å²) in [5, 5.41) is 23.3. The number of amides is 1. The molecule has 70 heavy (non-hydrogen) atoms. The predicted molar refractivity (Wildman–Crippen MR) is 313 cm³/mol. The van der Waals surface area contributed by atoms with Crippen LogP contribution in [0, 0.1) is 0 Å². The van der Waals surface area contributed by atoms with Crippen molar-refractivity contribution in [3.63, 3.8) is 0 Å². The van der Waals surface area contributed by atoms with E-state index in [2.05, 4.69) is 19.2 Å². The van der Waals surface area contributed by atoms with Crippen LogP contribution in [0.5, 0.6) is 0 Å². The lowest BCUT2D eigenvalue weighted by Crippen LogP contribution is -2.45. The number of carbonyl (C=O) groups excluding carboxylic acids is 1. The fourth-order valence-corrected chi connectivity index (χ4v) is 10.8. The molecule has 0 bridgehead atoms. The molecule has 0 radical (unpaired) electrons. The number of aliphatic hydroxyl groups is 2. The van der Waals surface area contributed by atoms with Gasteiger partial charge in [-0.15, -0.1) is 0 Å². The van der Waals surface area contributed by atoms with Crippen LogP contribution in [0.3, 0.4) is 0 Å². The molecule has 2 atom stereocenters. The SMILES string of the molecule is CCCCCCCCCCCCCCCCCCCCCCCCCCCCC/C=C/C(O)C(CO)NC(=O)CCCCCCCCCCCCCCCCCCCCCCCCCCCCCCC. The molecule has 0 aromatic carbocycles. The van der Waals surface area contributed by atoms with Gasteiger partial charge in [-0.25, -0.2) is 0 Å². The normalized spacial score (nSPS) is 12.7. The van der Waals surface area contributed by atoms with Gasteiger partial charge in [0, 0.05) is 6.42 Å². The highest BCUT2D eigenvalue weighted by molar-refractivity contribution is 5.76. The molecule has 4 nitrogen and oxygen atoms in total. The molecule has 0 heterocycles. The van der Waals surface area contributed by atoms with Crippen LogP contribution in [0.25, 0.3) is 0 Å². The van der Waals surface area contributed by atoms with Crippen molar-refractivity contribution in [2.45, 2.75) is 398 Å². The molecule has 4 heteroatoms. The standard InChI is InChI=1S/C66H131NO3/c1-3-5-7-9-11-13-15-17-19-21-23-25-27-29-31-33-35-37-39-41-43-45-47-49-51-53-55-57-59-61-65(69)64(63-68)67-66(70)62-60-58-56-54-52-50-48-46-44-42-40-38-36-34-32-30-28-26-24-22-20-18-16-14-12-10-8-6-4-2/h59,61,64-65,68-69H,3-58,60,62-63H2,1-2H3,(H,67,70)/b61-59+. The lowest BCUT2D eigenvalue weighted by molar-refractivity contribution is -0.123. The first-order valence-corrected chi connectivity index (χ1v) is 32.9. The molecule has 0 spiro atoms. The first-order valence-electron chi connectivity index (χ1n) is 32.9. The van der Waals surface area contributed by atoms with Crippen molar-refractivity contribution >= 4 is 5.91 Å². The second-order valence-corrected chi connectivity index (χ2v) is 22.9. The van der Waals surface area contributed by atoms with E-state index in [1.165, 1.54) is 340 Å². The molecule has 418 valence electrons. The van der Waals surface area contributed by atoms with Crippen molar-refractivity contribution in [1.29, 1.82) is 0 Å². The van der Waals surface area contributed by atoms with E-state index in [9.17, 15) is 15.0 Å². The van der Waals surface area contributed by atoms with E-state index >= 15 is 0 Å². The van der Waals surface area contributed by atoms with Gasteiger partial charge in [0.05, 0.1) is 18.8 Å². The van der Waals surface area contributed by atoms with Gasteiger partial charge in [-0.2, -0.15) is 0 Å². The zero-order valence-electron chi connectivity index (χ0n) is 48.3. The third-order valence-electron chi connectivity index (χ3n) is 15.8. The van der Waals surface area contributed by atoms with Gasteiger partial charge < -0.3 is 15.5 Å². The summed E-state index contributed by atoms with van der Waals surface area (Å²) in [6.45, 7) is 4.37. The van der Waals surface area contributed by atoms with Crippen LogP contribution in [0.15, 0.2) is 12.2 Å². The topological polar surface area (TPSA) is 69.6 Å². The van der Waals surface area contributed by atoms with E-state index in [4.69, 9.17) is 0 Å². The molecule has 1 amide bonds. The smallest absolute Gasteiger partial charge is 0.220 e. The van der Waals surface area contributed by atoms with E-state index in [0.29, 0.717) is 6.42 Å². The molecule has 0 aliphatic rings. The Morgan fingerprint density at radius 2 is 0.529 bits per heavy atom. The minimum Gasteiger partial charge on any atom is -0.394 e. The van der Waals surface area contributed by atoms with Crippen molar-refractivity contribution in [2.24, 2.45) is 0 Å². The summed E-state index contributed by atoms with van der Waals surface area (Å²) < 4.78 is 0. The summed E-state index contributed by atoms with van der Waals surface area (Å²) in [4.78, 5) is 12.5. The maximum absolute atomic E-state index is 12.5. The summed E-state index contributed by atoms with van der Waals surface area (Å²) in [6, 6.07) is -0.619. The molecule has 2 unspecified atom stereocenters. The fraction of sp³-hybridized carbons (Fsp3) is 0.955. The lowest BCUT2D eigenvalue weighted by Gasteiger charge is -2.20. The van der Waals surface area contributed by atoms with Crippen molar-refractivity contribution in [3.8, 4) is 0 Å². The largest absolute Gasteiger partial charge is 0.394 e. The van der Waals surface area contributed by atoms with E-state index in [-0.39, 0.29) is 12.5 Å². The average Bonchev–Trinajstić information content (AvgIpc) is 3.36. The van der Waals surface area contributed by atoms with Crippen LogP contribution in [0.1, 0.15) is 386 Å². The third-order valence-corrected chi connectivity index (χ3v) is 15.8. The summed E-state index contributed by atoms with van der Waals surface area (Å²) in [5.41, 5.74) is 0. The first-order chi connectivity index (χ1) is 34.7. The highest BCUT2D eigenvalue weighted by Crippen LogP contribution is 2.19. The summed E-state index contributed by atoms with van der Waals surface area (Å²) in [5.74, 6) is -0.0536. The number of aliphatic hydroxyl groups excluding tert-OH is 2. The molecule has 0 fully saturated rings. The Kier molecular flexibility index (Phi) is 61.6. The van der Waals surface area contributed by atoms with Gasteiger partial charge in [0.15, 0.2) is 0 Å². The van der Waals surface area contributed by atoms with Crippen LogP contribution >= 0.6 is 0 Å². The first kappa shape index (κ1) is 69.1. The second-order valence-electron chi connectivity index (χ2n) is 22.9. The number of nitrogens with one attached hydrogen (secondary N) is 1. The predicted octanol–water partition coefficient (Wildman–Crippen LogP) is 22.0. The Hall–Kier alpha value is -0.870. The van der Waals surface area contributed by atoms with E-state index < -0.39 is 12.1 Å². The highest BCUT2D eigenvalue weighted by Gasteiger charge is 2.18. The van der Waals surface area contributed by atoms with Crippen LogP contribution in [0.4, 0.5) is 0 Å². The van der Waals surface area contributed by atoms with E-state index in [1.54, 1.807) is 6.08 Å². The number of unbranched alkanes of at least 4 members (excludes halogenated alkanes) is 55. The lowest BCUT2D eigenvalue weighted by atomic mass is 10.0. The molecular weight excluding hydrogens is 855 g/mol. The van der Waals surface area contributed by atoms with Crippen LogP contribution in [-0.2, 0) is 4.79 Å². The van der Waals surface area contributed by atoms with Gasteiger partial charge in [-0.05, 0) is 19.3 Å². The van der Waals surface area contributed by atoms with E-state index in [1.807, 2.05) is 6.08 Å². The average molecular weight is 987 g/mol. The number of carbonyl (C=O) groups is 1. The van der Waals surface area contributed by atoms with Crippen molar-refractivity contribution in [1.82, 2.24) is 5.32 Å². The van der Waals surface area contributed by atoms with Crippen molar-refractivity contribution in [2.75, 3.05) is 6.61 Å². The Morgan fingerprint density at radius 1 is 0.329 bits per heavy atom. The van der Waals surface area contributed by atoms with Crippen molar-refractivity contribution < 1.29 is 15.0 Å². The summed E-state index contributed by atoms with van der Waals surface area (Å²) >= 11 is 0. The van der Waals surface area contributed by atoms with Crippen LogP contribution < -0.4 is 5.32 Å². The zero-order chi connectivity index (χ0) is 50.6. The number of allylic oxidation sites excluding steroid dienone is 1.